The first-order chi connectivity index (χ1) is 15.9. The van der Waals surface area contributed by atoms with Gasteiger partial charge in [-0.05, 0) is 80.8 Å². The molecule has 1 aromatic carbocycles. The van der Waals surface area contributed by atoms with Gasteiger partial charge in [0, 0.05) is 18.0 Å². The van der Waals surface area contributed by atoms with Crippen LogP contribution in [-0.4, -0.2) is 41.1 Å². The first-order valence-electron chi connectivity index (χ1n) is 12.9. The number of rotatable bonds is 7. The Morgan fingerprint density at radius 3 is 2.45 bits per heavy atom. The molecule has 33 heavy (non-hydrogen) atoms. The Hall–Kier alpha value is -2.11. The van der Waals surface area contributed by atoms with E-state index < -0.39 is 23.7 Å². The highest BCUT2D eigenvalue weighted by Gasteiger charge is 2.43. The van der Waals surface area contributed by atoms with Crippen molar-refractivity contribution in [3.8, 4) is 5.75 Å². The number of fused-ring (bicyclic) bond motifs is 2. The lowest BCUT2D eigenvalue weighted by molar-refractivity contribution is -0.141. The second-order valence-electron chi connectivity index (χ2n) is 11.1. The van der Waals surface area contributed by atoms with Crippen LogP contribution in [0.5, 0.6) is 5.75 Å². The molecule has 3 atom stereocenters. The summed E-state index contributed by atoms with van der Waals surface area (Å²) in [7, 11) is 0. The molecule has 1 heterocycles. The summed E-state index contributed by atoms with van der Waals surface area (Å²) in [6, 6.07) is 2.19. The Morgan fingerprint density at radius 1 is 1.12 bits per heavy atom. The Bertz CT molecular complexity index is 915. The van der Waals surface area contributed by atoms with Crippen molar-refractivity contribution in [1.82, 2.24) is 4.90 Å². The van der Waals surface area contributed by atoms with Crippen molar-refractivity contribution >= 4 is 11.9 Å². The SMILES string of the molecule is CCC1(COc2cc(F)c(C(=O)N3CCC[C@H]3C(=O)O)cc2C2CCC2)CC2CCC(C2)C1. The summed E-state index contributed by atoms with van der Waals surface area (Å²) in [5, 5.41) is 9.46. The number of carboxylic acid groups (broad SMARTS) is 1. The van der Waals surface area contributed by atoms with Crippen molar-refractivity contribution in [3.05, 3.63) is 29.1 Å². The van der Waals surface area contributed by atoms with Crippen molar-refractivity contribution in [1.29, 1.82) is 0 Å². The van der Waals surface area contributed by atoms with Crippen molar-refractivity contribution in [2.75, 3.05) is 13.2 Å². The fourth-order valence-electron chi connectivity index (χ4n) is 6.92. The lowest BCUT2D eigenvalue weighted by Gasteiger charge is -2.40. The second kappa shape index (κ2) is 8.92. The number of amides is 1. The van der Waals surface area contributed by atoms with Crippen molar-refractivity contribution in [2.24, 2.45) is 17.3 Å². The largest absolute Gasteiger partial charge is 0.493 e. The van der Waals surface area contributed by atoms with E-state index in [1.54, 1.807) is 6.07 Å². The van der Waals surface area contributed by atoms with E-state index in [0.29, 0.717) is 31.7 Å². The number of carbonyl (C=O) groups excluding carboxylic acids is 1. The smallest absolute Gasteiger partial charge is 0.326 e. The van der Waals surface area contributed by atoms with Gasteiger partial charge in [-0.2, -0.15) is 0 Å². The molecule has 0 radical (unpaired) electrons. The lowest BCUT2D eigenvalue weighted by Crippen LogP contribution is -2.40. The van der Waals surface area contributed by atoms with Crippen LogP contribution in [0, 0.1) is 23.1 Å². The van der Waals surface area contributed by atoms with Gasteiger partial charge in [-0.25, -0.2) is 9.18 Å². The van der Waals surface area contributed by atoms with E-state index in [-0.39, 0.29) is 16.9 Å². The average molecular weight is 458 g/mol. The molecule has 1 aromatic rings. The maximum atomic E-state index is 15.2. The zero-order chi connectivity index (χ0) is 23.2. The zero-order valence-corrected chi connectivity index (χ0v) is 19.7. The van der Waals surface area contributed by atoms with Crippen LogP contribution in [0.4, 0.5) is 4.39 Å². The van der Waals surface area contributed by atoms with Gasteiger partial charge in [0.05, 0.1) is 12.2 Å². The molecule has 5 rings (SSSR count). The molecule has 2 bridgehead atoms. The summed E-state index contributed by atoms with van der Waals surface area (Å²) >= 11 is 0. The summed E-state index contributed by atoms with van der Waals surface area (Å²) in [4.78, 5) is 26.0. The van der Waals surface area contributed by atoms with E-state index in [0.717, 1.165) is 43.1 Å². The summed E-state index contributed by atoms with van der Waals surface area (Å²) in [6.07, 6.45) is 11.7. The van der Waals surface area contributed by atoms with E-state index in [4.69, 9.17) is 4.74 Å². The minimum atomic E-state index is -1.02. The molecular formula is C27H36FNO4. The number of carbonyl (C=O) groups is 2. The predicted molar refractivity (Wildman–Crippen MR) is 123 cm³/mol. The molecule has 1 aliphatic heterocycles. The quantitative estimate of drug-likeness (QED) is 0.565. The monoisotopic (exact) mass is 457 g/mol. The van der Waals surface area contributed by atoms with Gasteiger partial charge in [-0.1, -0.05) is 26.2 Å². The summed E-state index contributed by atoms with van der Waals surface area (Å²) in [5.41, 5.74) is 1.07. The molecule has 0 aromatic heterocycles. The number of hydrogen-bond donors (Lipinski definition) is 1. The number of likely N-dealkylation sites (tertiary alicyclic amines) is 1. The van der Waals surface area contributed by atoms with Gasteiger partial charge in [-0.3, -0.25) is 4.79 Å². The van der Waals surface area contributed by atoms with Gasteiger partial charge in [0.15, 0.2) is 0 Å². The second-order valence-corrected chi connectivity index (χ2v) is 11.1. The van der Waals surface area contributed by atoms with E-state index in [1.807, 2.05) is 0 Å². The van der Waals surface area contributed by atoms with Crippen molar-refractivity contribution < 1.29 is 23.8 Å². The number of carboxylic acids is 1. The Morgan fingerprint density at radius 2 is 1.85 bits per heavy atom. The van der Waals surface area contributed by atoms with Crippen LogP contribution >= 0.6 is 0 Å². The molecule has 4 aliphatic rings. The van der Waals surface area contributed by atoms with Crippen molar-refractivity contribution in [3.63, 3.8) is 0 Å². The van der Waals surface area contributed by atoms with Crippen LogP contribution in [-0.2, 0) is 4.79 Å². The molecular weight excluding hydrogens is 421 g/mol. The fraction of sp³-hybridized carbons (Fsp3) is 0.704. The van der Waals surface area contributed by atoms with E-state index in [2.05, 4.69) is 6.92 Å². The van der Waals surface area contributed by atoms with Crippen LogP contribution in [0.2, 0.25) is 0 Å². The molecule has 2 unspecified atom stereocenters. The first kappa shape index (κ1) is 22.7. The van der Waals surface area contributed by atoms with Gasteiger partial charge in [-0.15, -0.1) is 0 Å². The Labute approximate surface area is 195 Å². The number of hydrogen-bond acceptors (Lipinski definition) is 3. The number of nitrogens with zero attached hydrogens (tertiary/aromatic N) is 1. The third kappa shape index (κ3) is 4.26. The zero-order valence-electron chi connectivity index (χ0n) is 19.7. The van der Waals surface area contributed by atoms with Gasteiger partial charge >= 0.3 is 5.97 Å². The van der Waals surface area contributed by atoms with Crippen LogP contribution < -0.4 is 4.74 Å². The highest BCUT2D eigenvalue weighted by Crippen LogP contribution is 2.52. The third-order valence-corrected chi connectivity index (χ3v) is 9.05. The summed E-state index contributed by atoms with van der Waals surface area (Å²) in [5.74, 6) is 0.320. The maximum Gasteiger partial charge on any atom is 0.326 e. The normalized spacial score (nSPS) is 31.5. The molecule has 4 fully saturated rings. The van der Waals surface area contributed by atoms with Crippen LogP contribution in [0.3, 0.4) is 0 Å². The van der Waals surface area contributed by atoms with Gasteiger partial charge in [0.2, 0.25) is 0 Å². The van der Waals surface area contributed by atoms with Crippen molar-refractivity contribution in [2.45, 2.75) is 89.5 Å². The topological polar surface area (TPSA) is 66.8 Å². The van der Waals surface area contributed by atoms with E-state index >= 15 is 4.39 Å². The first-order valence-corrected chi connectivity index (χ1v) is 12.9. The molecule has 0 spiro atoms. The molecule has 1 N–H and O–H groups in total. The maximum absolute atomic E-state index is 15.2. The van der Waals surface area contributed by atoms with E-state index in [9.17, 15) is 14.7 Å². The van der Waals surface area contributed by atoms with Gasteiger partial charge in [0.25, 0.3) is 5.91 Å². The summed E-state index contributed by atoms with van der Waals surface area (Å²) < 4.78 is 21.6. The predicted octanol–water partition coefficient (Wildman–Crippen LogP) is 5.77. The molecule has 1 saturated heterocycles. The Balaban J connectivity index is 1.39. The number of ether oxygens (including phenoxy) is 1. The highest BCUT2D eigenvalue weighted by molar-refractivity contribution is 5.97. The number of aliphatic carboxylic acids is 1. The number of benzene rings is 1. The third-order valence-electron chi connectivity index (χ3n) is 9.05. The van der Waals surface area contributed by atoms with E-state index in [1.165, 1.54) is 43.1 Å². The minimum absolute atomic E-state index is 0.0154. The van der Waals surface area contributed by atoms with Crippen LogP contribution in [0.25, 0.3) is 0 Å². The lowest BCUT2D eigenvalue weighted by atomic mass is 9.68. The molecule has 5 nitrogen and oxygen atoms in total. The van der Waals surface area contributed by atoms with Crippen LogP contribution in [0.15, 0.2) is 12.1 Å². The van der Waals surface area contributed by atoms with Crippen LogP contribution in [0.1, 0.15) is 99.4 Å². The Kier molecular flexibility index (Phi) is 6.13. The molecule has 6 heteroatoms. The average Bonchev–Trinajstić information content (AvgIpc) is 3.38. The fourth-order valence-corrected chi connectivity index (χ4v) is 6.92. The molecule has 1 amide bonds. The molecule has 180 valence electrons. The molecule has 3 aliphatic carbocycles. The highest BCUT2D eigenvalue weighted by atomic mass is 19.1. The standard InChI is InChI=1S/C27H36FNO4/c1-2-27(14-17-8-9-18(11-17)15-27)16-33-24-13-22(28)21(12-20(24)19-5-3-6-19)25(30)29-10-4-7-23(29)26(31)32/h12-13,17-19,23H,2-11,14-16H2,1H3,(H,31,32)/t17?,18?,23-,27?/m0/s1. The minimum Gasteiger partial charge on any atom is -0.493 e. The summed E-state index contributed by atoms with van der Waals surface area (Å²) in [6.45, 7) is 3.21. The van der Waals surface area contributed by atoms with Gasteiger partial charge < -0.3 is 14.7 Å². The molecule has 3 saturated carbocycles. The number of halogens is 1. The van der Waals surface area contributed by atoms with Gasteiger partial charge in [0.1, 0.15) is 17.6 Å².